The highest BCUT2D eigenvalue weighted by Crippen LogP contribution is 2.27. The van der Waals surface area contributed by atoms with E-state index in [0.29, 0.717) is 17.1 Å². The fraction of sp³-hybridized carbons (Fsp3) is 0.320. The Bertz CT molecular complexity index is 1080. The highest BCUT2D eigenvalue weighted by atomic mass is 16.5. The predicted molar refractivity (Wildman–Crippen MR) is 128 cm³/mol. The number of hydrogen-bond donors (Lipinski definition) is 2. The van der Waals surface area contributed by atoms with Gasteiger partial charge in [0.15, 0.2) is 5.82 Å². The van der Waals surface area contributed by atoms with Crippen LogP contribution >= 0.6 is 0 Å². The Labute approximate surface area is 188 Å². The number of urea groups is 1. The summed E-state index contributed by atoms with van der Waals surface area (Å²) in [7, 11) is 1.58. The molecular formula is C25H29N5O2. The first kappa shape index (κ1) is 21.6. The number of hydrogen-bond acceptors (Lipinski definition) is 5. The average Bonchev–Trinajstić information content (AvgIpc) is 2.80. The van der Waals surface area contributed by atoms with Crippen LogP contribution in [0.2, 0.25) is 0 Å². The van der Waals surface area contributed by atoms with E-state index in [1.807, 2.05) is 61.5 Å². The number of carbonyl (C=O) groups is 1. The number of ether oxygens (including phenoxy) is 1. The number of methoxy groups -OCH3 is 1. The molecule has 3 aromatic rings. The molecule has 0 saturated carbocycles. The Morgan fingerprint density at radius 3 is 2.56 bits per heavy atom. The van der Waals surface area contributed by atoms with Crippen LogP contribution in [-0.4, -0.2) is 36.4 Å². The predicted octanol–water partition coefficient (Wildman–Crippen LogP) is 5.34. The number of nitrogens with zero attached hydrogens (tertiary/aromatic N) is 3. The summed E-state index contributed by atoms with van der Waals surface area (Å²) in [5, 5.41) is 14.6. The van der Waals surface area contributed by atoms with Crippen molar-refractivity contribution in [3.05, 3.63) is 60.2 Å². The summed E-state index contributed by atoms with van der Waals surface area (Å²) in [4.78, 5) is 14.8. The summed E-state index contributed by atoms with van der Waals surface area (Å²) < 4.78 is 5.33. The Kier molecular flexibility index (Phi) is 6.54. The number of rotatable bonds is 5. The number of benzene rings is 2. The molecule has 1 aliphatic heterocycles. The normalized spacial score (nSPS) is 14.2. The first-order valence-corrected chi connectivity index (χ1v) is 10.9. The lowest BCUT2D eigenvalue weighted by molar-refractivity contribution is 0.262. The van der Waals surface area contributed by atoms with Gasteiger partial charge in [-0.25, -0.2) is 4.79 Å². The molecule has 1 fully saturated rings. The molecule has 0 aliphatic carbocycles. The van der Waals surface area contributed by atoms with Gasteiger partial charge in [0.1, 0.15) is 5.75 Å². The Morgan fingerprint density at radius 1 is 1.03 bits per heavy atom. The second-order valence-electron chi connectivity index (χ2n) is 8.31. The quantitative estimate of drug-likeness (QED) is 0.570. The maximum absolute atomic E-state index is 12.5. The number of nitrogens with one attached hydrogen (secondary N) is 2. The summed E-state index contributed by atoms with van der Waals surface area (Å²) in [6.07, 6.45) is 2.38. The zero-order chi connectivity index (χ0) is 22.5. The lowest BCUT2D eigenvalue weighted by atomic mass is 9.99. The Balaban J connectivity index is 1.43. The van der Waals surface area contributed by atoms with E-state index in [9.17, 15) is 4.79 Å². The second-order valence-corrected chi connectivity index (χ2v) is 8.31. The van der Waals surface area contributed by atoms with Crippen LogP contribution in [0.1, 0.15) is 25.3 Å². The van der Waals surface area contributed by atoms with Crippen LogP contribution in [0.25, 0.3) is 11.3 Å². The zero-order valence-corrected chi connectivity index (χ0v) is 18.8. The van der Waals surface area contributed by atoms with Crippen LogP contribution in [0.4, 0.5) is 22.0 Å². The van der Waals surface area contributed by atoms with E-state index in [1.54, 1.807) is 7.11 Å². The average molecular weight is 432 g/mol. The van der Waals surface area contributed by atoms with Crippen LogP contribution in [0, 0.1) is 12.8 Å². The van der Waals surface area contributed by atoms with Gasteiger partial charge in [-0.15, -0.1) is 10.2 Å². The summed E-state index contributed by atoms with van der Waals surface area (Å²) in [6, 6.07) is 16.9. The van der Waals surface area contributed by atoms with Crippen molar-refractivity contribution in [1.82, 2.24) is 10.2 Å². The molecule has 1 aliphatic rings. The van der Waals surface area contributed by atoms with Crippen LogP contribution < -0.4 is 20.3 Å². The van der Waals surface area contributed by atoms with Crippen molar-refractivity contribution < 1.29 is 9.53 Å². The molecule has 7 nitrogen and oxygen atoms in total. The van der Waals surface area contributed by atoms with E-state index >= 15 is 0 Å². The van der Waals surface area contributed by atoms with E-state index in [2.05, 4.69) is 32.7 Å². The Hall–Kier alpha value is -3.61. The largest absolute Gasteiger partial charge is 0.495 e. The third-order valence-electron chi connectivity index (χ3n) is 5.78. The van der Waals surface area contributed by atoms with Gasteiger partial charge in [-0.3, -0.25) is 0 Å². The maximum atomic E-state index is 12.5. The molecule has 2 amide bonds. The fourth-order valence-corrected chi connectivity index (χ4v) is 3.85. The van der Waals surface area contributed by atoms with Gasteiger partial charge < -0.3 is 20.3 Å². The van der Waals surface area contributed by atoms with Crippen molar-refractivity contribution in [2.45, 2.75) is 26.7 Å². The van der Waals surface area contributed by atoms with Gasteiger partial charge >= 0.3 is 6.03 Å². The highest BCUT2D eigenvalue weighted by molar-refractivity contribution is 6.01. The van der Waals surface area contributed by atoms with Gasteiger partial charge in [-0.1, -0.05) is 25.1 Å². The van der Waals surface area contributed by atoms with Crippen molar-refractivity contribution in [3.63, 3.8) is 0 Å². The summed E-state index contributed by atoms with van der Waals surface area (Å²) in [5.74, 6) is 2.30. The molecule has 7 heteroatoms. The van der Waals surface area contributed by atoms with Crippen LogP contribution in [0.15, 0.2) is 54.6 Å². The van der Waals surface area contributed by atoms with Crippen molar-refractivity contribution >= 4 is 23.2 Å². The maximum Gasteiger partial charge on any atom is 0.323 e. The number of anilines is 3. The number of amides is 2. The van der Waals surface area contributed by atoms with E-state index in [-0.39, 0.29) is 6.03 Å². The monoisotopic (exact) mass is 431 g/mol. The molecule has 2 N–H and O–H groups in total. The minimum absolute atomic E-state index is 0.341. The van der Waals surface area contributed by atoms with Crippen LogP contribution in [0.3, 0.4) is 0 Å². The van der Waals surface area contributed by atoms with Gasteiger partial charge in [0, 0.05) is 24.3 Å². The molecule has 2 aromatic carbocycles. The van der Waals surface area contributed by atoms with Gasteiger partial charge in [-0.2, -0.15) is 0 Å². The summed E-state index contributed by atoms with van der Waals surface area (Å²) in [5.41, 5.74) is 3.98. The smallest absolute Gasteiger partial charge is 0.323 e. The van der Waals surface area contributed by atoms with Gasteiger partial charge in [0.2, 0.25) is 0 Å². The molecule has 1 aromatic heterocycles. The Morgan fingerprint density at radius 2 is 1.84 bits per heavy atom. The lowest BCUT2D eigenvalue weighted by Crippen LogP contribution is -2.33. The molecule has 32 heavy (non-hydrogen) atoms. The molecule has 0 atom stereocenters. The molecule has 2 heterocycles. The molecule has 0 bridgehead atoms. The van der Waals surface area contributed by atoms with E-state index in [1.165, 1.54) is 12.8 Å². The molecular weight excluding hydrogens is 402 g/mol. The number of aryl methyl sites for hydroxylation is 1. The molecule has 0 spiro atoms. The second kappa shape index (κ2) is 9.68. The third-order valence-corrected chi connectivity index (χ3v) is 5.78. The van der Waals surface area contributed by atoms with Crippen molar-refractivity contribution in [2.75, 3.05) is 35.7 Å². The topological polar surface area (TPSA) is 79.4 Å². The van der Waals surface area contributed by atoms with E-state index < -0.39 is 0 Å². The molecule has 4 rings (SSSR count). The summed E-state index contributed by atoms with van der Waals surface area (Å²) >= 11 is 0. The minimum atomic E-state index is -0.341. The van der Waals surface area contributed by atoms with E-state index in [0.717, 1.165) is 41.6 Å². The third kappa shape index (κ3) is 5.17. The molecule has 1 saturated heterocycles. The van der Waals surface area contributed by atoms with Crippen molar-refractivity contribution in [1.29, 1.82) is 0 Å². The van der Waals surface area contributed by atoms with Gasteiger partial charge in [0.05, 0.1) is 18.5 Å². The molecule has 0 unspecified atom stereocenters. The highest BCUT2D eigenvalue weighted by Gasteiger charge is 2.17. The fourth-order valence-electron chi connectivity index (χ4n) is 3.85. The van der Waals surface area contributed by atoms with Gasteiger partial charge in [0.25, 0.3) is 0 Å². The van der Waals surface area contributed by atoms with Crippen molar-refractivity contribution in [3.8, 4) is 17.0 Å². The standard InChI is InChI=1S/C25H29N5O2/c1-17-11-13-30(14-12-17)24-10-8-21(28-29-24)19-5-4-6-20(16-19)26-25(31)27-22-15-18(2)7-9-23(22)32-3/h4-10,15-17H,11-14H2,1-3H3,(H2,26,27,31). The minimum Gasteiger partial charge on any atom is -0.495 e. The van der Waals surface area contributed by atoms with Gasteiger partial charge in [-0.05, 0) is 67.6 Å². The lowest BCUT2D eigenvalue weighted by Gasteiger charge is -2.30. The summed E-state index contributed by atoms with van der Waals surface area (Å²) in [6.45, 7) is 6.31. The number of piperidine rings is 1. The van der Waals surface area contributed by atoms with Crippen LogP contribution in [-0.2, 0) is 0 Å². The van der Waals surface area contributed by atoms with Crippen LogP contribution in [0.5, 0.6) is 5.75 Å². The van der Waals surface area contributed by atoms with Crippen molar-refractivity contribution in [2.24, 2.45) is 5.92 Å². The zero-order valence-electron chi connectivity index (χ0n) is 18.8. The molecule has 0 radical (unpaired) electrons. The first-order valence-electron chi connectivity index (χ1n) is 10.9. The molecule has 166 valence electrons. The van der Waals surface area contributed by atoms with E-state index in [4.69, 9.17) is 4.74 Å². The number of carbonyl (C=O) groups excluding carboxylic acids is 1. The first-order chi connectivity index (χ1) is 15.5. The SMILES string of the molecule is COc1ccc(C)cc1NC(=O)Nc1cccc(-c2ccc(N3CCC(C)CC3)nn2)c1. The number of aromatic nitrogens is 2.